The van der Waals surface area contributed by atoms with E-state index >= 15 is 0 Å². The number of nitrogens with zero attached hydrogens (tertiary/aromatic N) is 1. The monoisotopic (exact) mass is 489 g/mol. The summed E-state index contributed by atoms with van der Waals surface area (Å²) in [6.45, 7) is 5.78. The van der Waals surface area contributed by atoms with E-state index in [1.54, 1.807) is 20.8 Å². The Morgan fingerprint density at radius 3 is 2.70 bits per heavy atom. The fourth-order valence-corrected chi connectivity index (χ4v) is 4.07. The Balaban J connectivity index is 2.01. The summed E-state index contributed by atoms with van der Waals surface area (Å²) in [6.07, 6.45) is -0.332. The Kier molecular flexibility index (Phi) is 10.3. The normalized spacial score (nSPS) is 26.1. The molecule has 12 nitrogen and oxygen atoms in total. The van der Waals surface area contributed by atoms with Gasteiger partial charge < -0.3 is 24.7 Å². The van der Waals surface area contributed by atoms with Crippen LogP contribution in [0.25, 0.3) is 0 Å². The molecule has 3 N–H and O–H groups in total. The molecule has 13 heteroatoms. The fourth-order valence-electron chi connectivity index (χ4n) is 3.87. The Morgan fingerprint density at radius 1 is 1.36 bits per heavy atom. The van der Waals surface area contributed by atoms with Crippen molar-refractivity contribution in [1.29, 1.82) is 0 Å². The first kappa shape index (κ1) is 27.3. The van der Waals surface area contributed by atoms with Gasteiger partial charge in [-0.2, -0.15) is 0 Å². The summed E-state index contributed by atoms with van der Waals surface area (Å²) in [5.74, 6) is -0.773. The van der Waals surface area contributed by atoms with Gasteiger partial charge in [0.1, 0.15) is 0 Å². The summed E-state index contributed by atoms with van der Waals surface area (Å²) in [7, 11) is 0.927. The predicted octanol–water partition coefficient (Wildman–Crippen LogP) is 0.754. The van der Waals surface area contributed by atoms with Crippen molar-refractivity contribution in [1.82, 2.24) is 9.55 Å². The highest BCUT2D eigenvalue weighted by Gasteiger charge is 2.52. The van der Waals surface area contributed by atoms with E-state index in [2.05, 4.69) is 4.98 Å². The molecule has 1 aliphatic rings. The van der Waals surface area contributed by atoms with Crippen LogP contribution in [0.4, 0.5) is 0 Å². The van der Waals surface area contributed by atoms with Gasteiger partial charge in [0.2, 0.25) is 0 Å². The van der Waals surface area contributed by atoms with Gasteiger partial charge in [0, 0.05) is 44.9 Å². The largest absolute Gasteiger partial charge is 0.461 e. The minimum absolute atomic E-state index is 0.0100. The zero-order valence-electron chi connectivity index (χ0n) is 19.2. The highest BCUT2D eigenvalue weighted by molar-refractivity contribution is 7.17. The molecule has 2 rings (SSSR count). The van der Waals surface area contributed by atoms with Crippen LogP contribution in [0.5, 0.6) is 0 Å². The fraction of sp³-hybridized carbons (Fsp3) is 0.750. The molecule has 1 aliphatic heterocycles. The minimum Gasteiger partial charge on any atom is -0.461 e. The van der Waals surface area contributed by atoms with Gasteiger partial charge in [0.15, 0.2) is 12.3 Å². The second-order valence-electron chi connectivity index (χ2n) is 8.29. The lowest BCUT2D eigenvalue weighted by molar-refractivity contribution is -0.160. The minimum atomic E-state index is -1.03. The summed E-state index contributed by atoms with van der Waals surface area (Å²) in [4.78, 5) is 37.8. The summed E-state index contributed by atoms with van der Waals surface area (Å²) in [5.41, 5.74) is 4.37. The van der Waals surface area contributed by atoms with E-state index in [1.165, 1.54) is 23.9 Å². The highest BCUT2D eigenvalue weighted by Crippen LogP contribution is 2.42. The number of H-pyrrole nitrogens is 1. The van der Waals surface area contributed by atoms with E-state index in [4.69, 9.17) is 29.2 Å². The number of carbonyl (C=O) groups is 1. The molecule has 5 atom stereocenters. The van der Waals surface area contributed by atoms with Crippen molar-refractivity contribution in [3.8, 4) is 0 Å². The van der Waals surface area contributed by atoms with Gasteiger partial charge in [0.05, 0.1) is 24.4 Å². The summed E-state index contributed by atoms with van der Waals surface area (Å²) in [6, 6.07) is 1.20. The highest BCUT2D eigenvalue weighted by atomic mass is 31.1. The number of carbonyl (C=O) groups excluding carboxylic acids is 1. The number of esters is 1. The average molecular weight is 489 g/mol. The Hall–Kier alpha value is -1.95. The van der Waals surface area contributed by atoms with E-state index in [0.29, 0.717) is 12.8 Å². The van der Waals surface area contributed by atoms with Crippen molar-refractivity contribution < 1.29 is 32.8 Å². The number of hydrogen-bond acceptors (Lipinski definition) is 10. The second kappa shape index (κ2) is 12.5. The molecule has 0 radical (unpaired) electrons. The molecule has 0 aliphatic carbocycles. The Labute approximate surface area is 193 Å². The molecule has 1 fully saturated rings. The molecule has 186 valence electrons. The smallest absolute Gasteiger partial charge is 0.335 e. The number of aromatic nitrogens is 2. The van der Waals surface area contributed by atoms with Crippen molar-refractivity contribution in [3.05, 3.63) is 33.1 Å². The van der Waals surface area contributed by atoms with Gasteiger partial charge in [-0.1, -0.05) is 0 Å². The maximum atomic E-state index is 12.3. The summed E-state index contributed by atoms with van der Waals surface area (Å²) >= 11 is 0. The molecule has 0 bridgehead atoms. The molecular formula is C20H32N3O9P. The first-order valence-corrected chi connectivity index (χ1v) is 11.4. The molecule has 0 amide bonds. The molecule has 0 spiro atoms. The number of hydrogen-bond donors (Lipinski definition) is 2. The van der Waals surface area contributed by atoms with Crippen LogP contribution in [0.1, 0.15) is 39.8 Å². The van der Waals surface area contributed by atoms with Gasteiger partial charge in [-0.15, -0.1) is 0 Å². The quantitative estimate of drug-likeness (QED) is 0.230. The van der Waals surface area contributed by atoms with Gasteiger partial charge in [-0.25, -0.2) is 14.2 Å². The van der Waals surface area contributed by atoms with Crippen LogP contribution in [-0.4, -0.2) is 66.3 Å². The number of nitrogens with two attached hydrogens (primary N) is 1. The average Bonchev–Trinajstić information content (AvgIpc) is 2.98. The Bertz CT molecular complexity index is 901. The standard InChI is InChI=1S/C20H32N3O9P/c1-12(2)31-17(25)14(28-4)7-10-29-9-6-13-15(11-30-33-27)32-18(20(13,3)21)23-8-5-16(24)22-19(23)26/h5,8,12-15,18H,6-7,9-11,21H2,1-4H3,(H,22,24,26)/t13-,14-,15-,18-,20-/m1/s1. The van der Waals surface area contributed by atoms with Crippen LogP contribution >= 0.6 is 8.69 Å². The number of methoxy groups -OCH3 is 1. The molecule has 1 aromatic heterocycles. The molecular weight excluding hydrogens is 457 g/mol. The molecule has 0 unspecified atom stereocenters. The van der Waals surface area contributed by atoms with Crippen molar-refractivity contribution in [3.63, 3.8) is 0 Å². The SMILES string of the molecule is CO[C@H](CCOCC[C@@H]1[C@@H](COP=O)O[C@@H](n2ccc(=O)[nH]c2=O)[C@]1(C)N)C(=O)OC(C)C. The van der Waals surface area contributed by atoms with Crippen LogP contribution < -0.4 is 17.0 Å². The van der Waals surface area contributed by atoms with Gasteiger partial charge in [0.25, 0.3) is 5.56 Å². The molecule has 0 saturated carbocycles. The molecule has 2 heterocycles. The summed E-state index contributed by atoms with van der Waals surface area (Å²) in [5, 5.41) is 0. The lowest BCUT2D eigenvalue weighted by atomic mass is 9.82. The van der Waals surface area contributed by atoms with Gasteiger partial charge >= 0.3 is 20.3 Å². The maximum absolute atomic E-state index is 12.3. The van der Waals surface area contributed by atoms with Crippen LogP contribution in [0.3, 0.4) is 0 Å². The zero-order chi connectivity index (χ0) is 24.6. The lowest BCUT2D eigenvalue weighted by Crippen LogP contribution is -2.51. The van der Waals surface area contributed by atoms with E-state index < -0.39 is 49.9 Å². The topological polar surface area (TPSA) is 161 Å². The van der Waals surface area contributed by atoms with E-state index in [1.807, 2.05) is 0 Å². The third kappa shape index (κ3) is 7.26. The molecule has 1 aromatic rings. The first-order valence-electron chi connectivity index (χ1n) is 10.6. The maximum Gasteiger partial charge on any atom is 0.335 e. The van der Waals surface area contributed by atoms with Crippen molar-refractivity contribution >= 4 is 14.7 Å². The second-order valence-corrected chi connectivity index (χ2v) is 8.69. The molecule has 1 saturated heterocycles. The lowest BCUT2D eigenvalue weighted by Gasteiger charge is -2.32. The van der Waals surface area contributed by atoms with Crippen LogP contribution in [0, 0.1) is 5.92 Å². The predicted molar refractivity (Wildman–Crippen MR) is 117 cm³/mol. The Morgan fingerprint density at radius 2 is 2.09 bits per heavy atom. The molecule has 0 aromatic carbocycles. The van der Waals surface area contributed by atoms with Crippen molar-refractivity contribution in [2.75, 3.05) is 26.9 Å². The van der Waals surface area contributed by atoms with E-state index in [9.17, 15) is 18.9 Å². The van der Waals surface area contributed by atoms with Crippen molar-refractivity contribution in [2.45, 2.75) is 63.7 Å². The first-order chi connectivity index (χ1) is 15.6. The number of nitrogens with one attached hydrogen (secondary N) is 1. The van der Waals surface area contributed by atoms with E-state index in [0.717, 1.165) is 0 Å². The van der Waals surface area contributed by atoms with Crippen LogP contribution in [-0.2, 0) is 32.8 Å². The van der Waals surface area contributed by atoms with Gasteiger partial charge in [-0.3, -0.25) is 18.9 Å². The van der Waals surface area contributed by atoms with Gasteiger partial charge in [-0.05, 0) is 27.2 Å². The van der Waals surface area contributed by atoms with Crippen molar-refractivity contribution in [2.24, 2.45) is 11.7 Å². The molecule has 33 heavy (non-hydrogen) atoms. The third-order valence-corrected chi connectivity index (χ3v) is 5.73. The number of rotatable bonds is 13. The van der Waals surface area contributed by atoms with Crippen LogP contribution in [0.15, 0.2) is 21.9 Å². The number of ether oxygens (including phenoxy) is 4. The zero-order valence-corrected chi connectivity index (χ0v) is 20.1. The van der Waals surface area contributed by atoms with E-state index in [-0.39, 0.29) is 31.8 Å². The number of aromatic amines is 1. The van der Waals surface area contributed by atoms with Crippen LogP contribution in [0.2, 0.25) is 0 Å². The third-order valence-electron chi connectivity index (χ3n) is 5.48. The summed E-state index contributed by atoms with van der Waals surface area (Å²) < 4.78 is 39.0.